The first-order chi connectivity index (χ1) is 8.61. The molecule has 1 aliphatic rings. The normalized spacial score (nSPS) is 20.3. The molecule has 0 N–H and O–H groups in total. The van der Waals surface area contributed by atoms with Gasteiger partial charge in [0.1, 0.15) is 0 Å². The van der Waals surface area contributed by atoms with E-state index in [1.54, 1.807) is 0 Å². The Bertz CT molecular complexity index is 470. The molecule has 96 valence electrons. The largest absolute Gasteiger partial charge is 0.375 e. The van der Waals surface area contributed by atoms with E-state index in [4.69, 9.17) is 0 Å². The number of aryl methyl sites for hydroxylation is 1. The van der Waals surface area contributed by atoms with Gasteiger partial charge in [-0.3, -0.25) is 0 Å². The molecule has 0 saturated carbocycles. The second-order valence-corrected chi connectivity index (χ2v) is 5.41. The van der Waals surface area contributed by atoms with Crippen LogP contribution in [-0.4, -0.2) is 18.0 Å². The smallest absolute Gasteiger partial charge is 0.0201 e. The lowest BCUT2D eigenvalue weighted by atomic mass is 10.0. The van der Waals surface area contributed by atoms with Gasteiger partial charge in [0.15, 0.2) is 0 Å². The van der Waals surface area contributed by atoms with E-state index in [9.17, 15) is 0 Å². The summed E-state index contributed by atoms with van der Waals surface area (Å²) >= 11 is 0. The molecule has 1 atom stereocenters. The van der Waals surface area contributed by atoms with Crippen molar-refractivity contribution in [3.8, 4) is 0 Å². The first-order valence-corrected chi connectivity index (χ1v) is 6.77. The van der Waals surface area contributed by atoms with E-state index < -0.39 is 0 Å². The molecule has 0 radical (unpaired) electrons. The summed E-state index contributed by atoms with van der Waals surface area (Å²) in [6, 6.07) is 6.43. The Hall–Kier alpha value is -1.50. The van der Waals surface area contributed by atoms with Gasteiger partial charge in [0.05, 0.1) is 0 Å². The quantitative estimate of drug-likeness (QED) is 0.761. The van der Waals surface area contributed by atoms with Crippen molar-refractivity contribution in [1.29, 1.82) is 0 Å². The lowest BCUT2D eigenvalue weighted by Gasteiger charge is -2.19. The first-order valence-electron chi connectivity index (χ1n) is 6.77. The van der Waals surface area contributed by atoms with E-state index in [1.807, 2.05) is 6.08 Å². The van der Waals surface area contributed by atoms with Crippen molar-refractivity contribution in [3.63, 3.8) is 0 Å². The van der Waals surface area contributed by atoms with Crippen LogP contribution in [0.2, 0.25) is 0 Å². The standard InChI is InChI=1S/C17H23N/c1-5-17-14(3)7-6-8-16(17)11-15(4)18-10-9-13(2)12-18/h5-8,11,13H,1,9-10,12H2,2-4H3/b15-11+. The molecule has 0 aliphatic carbocycles. The summed E-state index contributed by atoms with van der Waals surface area (Å²) < 4.78 is 0. The minimum atomic E-state index is 0.824. The van der Waals surface area contributed by atoms with Crippen LogP contribution in [0.15, 0.2) is 30.5 Å². The van der Waals surface area contributed by atoms with Gasteiger partial charge in [-0.05, 0) is 49.0 Å². The van der Waals surface area contributed by atoms with Gasteiger partial charge in [-0.25, -0.2) is 0 Å². The van der Waals surface area contributed by atoms with Gasteiger partial charge >= 0.3 is 0 Å². The van der Waals surface area contributed by atoms with E-state index >= 15 is 0 Å². The Morgan fingerprint density at radius 2 is 2.22 bits per heavy atom. The van der Waals surface area contributed by atoms with Crippen LogP contribution >= 0.6 is 0 Å². The fourth-order valence-corrected chi connectivity index (χ4v) is 2.68. The van der Waals surface area contributed by atoms with Gasteiger partial charge in [-0.15, -0.1) is 0 Å². The second-order valence-electron chi connectivity index (χ2n) is 5.41. The molecule has 18 heavy (non-hydrogen) atoms. The van der Waals surface area contributed by atoms with Crippen molar-refractivity contribution in [2.45, 2.75) is 27.2 Å². The lowest BCUT2D eigenvalue weighted by molar-refractivity contribution is 0.415. The van der Waals surface area contributed by atoms with Gasteiger partial charge in [-0.2, -0.15) is 0 Å². The predicted octanol–water partition coefficient (Wildman–Crippen LogP) is 4.34. The topological polar surface area (TPSA) is 3.24 Å². The Morgan fingerprint density at radius 1 is 1.44 bits per heavy atom. The molecular formula is C17H23N. The van der Waals surface area contributed by atoms with Gasteiger partial charge < -0.3 is 4.90 Å². The Balaban J connectivity index is 2.27. The summed E-state index contributed by atoms with van der Waals surface area (Å²) in [6.07, 6.45) is 5.57. The summed E-state index contributed by atoms with van der Waals surface area (Å²) in [5.74, 6) is 0.824. The minimum absolute atomic E-state index is 0.824. The van der Waals surface area contributed by atoms with E-state index in [0.29, 0.717) is 0 Å². The number of hydrogen-bond acceptors (Lipinski definition) is 1. The van der Waals surface area contributed by atoms with Crippen molar-refractivity contribution < 1.29 is 0 Å². The maximum Gasteiger partial charge on any atom is 0.0201 e. The molecule has 1 saturated heterocycles. The van der Waals surface area contributed by atoms with E-state index in [1.165, 1.54) is 41.9 Å². The highest BCUT2D eigenvalue weighted by Gasteiger charge is 2.18. The lowest BCUT2D eigenvalue weighted by Crippen LogP contribution is -2.17. The van der Waals surface area contributed by atoms with Crippen LogP contribution in [0.25, 0.3) is 12.2 Å². The first kappa shape index (κ1) is 12.9. The molecule has 1 aromatic rings. The van der Waals surface area contributed by atoms with E-state index in [2.05, 4.69) is 56.5 Å². The molecule has 1 aliphatic heterocycles. The molecule has 1 heterocycles. The molecule has 1 fully saturated rings. The van der Waals surface area contributed by atoms with Crippen molar-refractivity contribution in [3.05, 3.63) is 47.2 Å². The zero-order valence-electron chi connectivity index (χ0n) is 11.7. The van der Waals surface area contributed by atoms with E-state index in [0.717, 1.165) is 5.92 Å². The van der Waals surface area contributed by atoms with Crippen LogP contribution < -0.4 is 0 Å². The van der Waals surface area contributed by atoms with Crippen LogP contribution in [-0.2, 0) is 0 Å². The molecule has 0 amide bonds. The van der Waals surface area contributed by atoms with Gasteiger partial charge in [-0.1, -0.05) is 37.8 Å². The predicted molar refractivity (Wildman–Crippen MR) is 80.3 cm³/mol. The monoisotopic (exact) mass is 241 g/mol. The zero-order chi connectivity index (χ0) is 13.1. The summed E-state index contributed by atoms with van der Waals surface area (Å²) in [7, 11) is 0. The fourth-order valence-electron chi connectivity index (χ4n) is 2.68. The van der Waals surface area contributed by atoms with E-state index in [-0.39, 0.29) is 0 Å². The maximum absolute atomic E-state index is 3.93. The number of allylic oxidation sites excluding steroid dienone is 1. The number of nitrogens with zero attached hydrogens (tertiary/aromatic N) is 1. The average molecular weight is 241 g/mol. The van der Waals surface area contributed by atoms with Crippen LogP contribution in [0.1, 0.15) is 37.0 Å². The summed E-state index contributed by atoms with van der Waals surface area (Å²) in [6.45, 7) is 13.0. The number of hydrogen-bond donors (Lipinski definition) is 0. The summed E-state index contributed by atoms with van der Waals surface area (Å²) in [5.41, 5.74) is 5.19. The van der Waals surface area contributed by atoms with Crippen LogP contribution in [0.3, 0.4) is 0 Å². The summed E-state index contributed by atoms with van der Waals surface area (Å²) in [4.78, 5) is 2.49. The average Bonchev–Trinajstić information content (AvgIpc) is 2.76. The molecule has 0 bridgehead atoms. The Morgan fingerprint density at radius 3 is 2.83 bits per heavy atom. The molecule has 0 spiro atoms. The Labute approximate surface area is 111 Å². The third-order valence-corrected chi connectivity index (χ3v) is 3.85. The zero-order valence-corrected chi connectivity index (χ0v) is 11.7. The van der Waals surface area contributed by atoms with Crippen LogP contribution in [0.4, 0.5) is 0 Å². The van der Waals surface area contributed by atoms with Crippen molar-refractivity contribution in [2.75, 3.05) is 13.1 Å². The third kappa shape index (κ3) is 2.66. The minimum Gasteiger partial charge on any atom is -0.375 e. The maximum atomic E-state index is 3.93. The molecule has 1 unspecified atom stereocenters. The number of likely N-dealkylation sites (tertiary alicyclic amines) is 1. The van der Waals surface area contributed by atoms with Crippen molar-refractivity contribution >= 4 is 12.2 Å². The highest BCUT2D eigenvalue weighted by atomic mass is 15.1. The SMILES string of the molecule is C=Cc1c(C)cccc1/C=C(\C)N1CCC(C)C1. The number of benzene rings is 1. The highest BCUT2D eigenvalue weighted by molar-refractivity contribution is 5.67. The molecule has 0 aromatic heterocycles. The molecule has 1 aromatic carbocycles. The molecule has 2 rings (SSSR count). The number of rotatable bonds is 3. The molecule has 1 heteroatoms. The fraction of sp³-hybridized carbons (Fsp3) is 0.412. The van der Waals surface area contributed by atoms with Crippen molar-refractivity contribution in [1.82, 2.24) is 4.90 Å². The molecular weight excluding hydrogens is 218 g/mol. The Kier molecular flexibility index (Phi) is 3.90. The van der Waals surface area contributed by atoms with Crippen molar-refractivity contribution in [2.24, 2.45) is 5.92 Å². The molecule has 1 nitrogen and oxygen atoms in total. The van der Waals surface area contributed by atoms with Gasteiger partial charge in [0.2, 0.25) is 0 Å². The van der Waals surface area contributed by atoms with Gasteiger partial charge in [0.25, 0.3) is 0 Å². The third-order valence-electron chi connectivity index (χ3n) is 3.85. The van der Waals surface area contributed by atoms with Gasteiger partial charge in [0, 0.05) is 18.8 Å². The summed E-state index contributed by atoms with van der Waals surface area (Å²) in [5, 5.41) is 0. The van der Waals surface area contributed by atoms with Crippen LogP contribution in [0, 0.1) is 12.8 Å². The highest BCUT2D eigenvalue weighted by Crippen LogP contribution is 2.23. The van der Waals surface area contributed by atoms with Crippen LogP contribution in [0.5, 0.6) is 0 Å². The second kappa shape index (κ2) is 5.43.